The molecule has 2 aromatic rings. The molecule has 1 heterocycles. The van der Waals surface area contributed by atoms with Crippen LogP contribution in [0.5, 0.6) is 5.75 Å². The van der Waals surface area contributed by atoms with E-state index in [9.17, 15) is 8.78 Å². The van der Waals surface area contributed by atoms with Crippen molar-refractivity contribution in [2.24, 2.45) is 0 Å². The van der Waals surface area contributed by atoms with Gasteiger partial charge in [-0.1, -0.05) is 12.1 Å². The Balaban J connectivity index is 2.17. The molecule has 0 aliphatic carbocycles. The highest BCUT2D eigenvalue weighted by Gasteiger charge is 2.10. The summed E-state index contributed by atoms with van der Waals surface area (Å²) in [5, 5.41) is 8.81. The number of ether oxygens (including phenoxy) is 1. The summed E-state index contributed by atoms with van der Waals surface area (Å²) in [6, 6.07) is 8.86. The maximum absolute atomic E-state index is 13.3. The number of benzene rings is 1. The third kappa shape index (κ3) is 2.43. The Bertz CT molecular complexity index is 608. The van der Waals surface area contributed by atoms with E-state index in [1.165, 1.54) is 18.3 Å². The zero-order chi connectivity index (χ0) is 13.0. The summed E-state index contributed by atoms with van der Waals surface area (Å²) in [6.45, 7) is -0.0445. The van der Waals surface area contributed by atoms with Gasteiger partial charge in [-0.3, -0.25) is 0 Å². The summed E-state index contributed by atoms with van der Waals surface area (Å²) >= 11 is 0. The lowest BCUT2D eigenvalue weighted by Gasteiger charge is -2.08. The molecule has 0 spiro atoms. The highest BCUT2D eigenvalue weighted by atomic mass is 19.2. The second-order valence-corrected chi connectivity index (χ2v) is 3.46. The summed E-state index contributed by atoms with van der Waals surface area (Å²) in [6.07, 6.45) is 1.48. The van der Waals surface area contributed by atoms with Crippen LogP contribution in [0.3, 0.4) is 0 Å². The molecule has 90 valence electrons. The number of nitrogens with zero attached hydrogens (tertiary/aromatic N) is 2. The Kier molecular flexibility index (Phi) is 3.49. The summed E-state index contributed by atoms with van der Waals surface area (Å²) in [5.74, 6) is -2.21. The normalized spacial score (nSPS) is 9.83. The van der Waals surface area contributed by atoms with Crippen LogP contribution in [0.2, 0.25) is 0 Å². The first kappa shape index (κ1) is 12.0. The summed E-state index contributed by atoms with van der Waals surface area (Å²) in [5.41, 5.74) is 0.720. The predicted octanol–water partition coefficient (Wildman–Crippen LogP) is 2.81. The van der Waals surface area contributed by atoms with Crippen LogP contribution in [0.25, 0.3) is 0 Å². The van der Waals surface area contributed by atoms with E-state index in [0.717, 1.165) is 6.07 Å². The first-order valence-corrected chi connectivity index (χ1v) is 5.13. The lowest BCUT2D eigenvalue weighted by Crippen LogP contribution is -2.01. The second kappa shape index (κ2) is 5.23. The van der Waals surface area contributed by atoms with Crippen LogP contribution in [0, 0.1) is 23.0 Å². The molecule has 18 heavy (non-hydrogen) atoms. The van der Waals surface area contributed by atoms with Gasteiger partial charge in [0.1, 0.15) is 18.4 Å². The fourth-order valence-electron chi connectivity index (χ4n) is 1.41. The van der Waals surface area contributed by atoms with E-state index in [2.05, 4.69) is 4.98 Å². The highest BCUT2D eigenvalue weighted by Crippen LogP contribution is 2.20. The average molecular weight is 246 g/mol. The molecule has 0 N–H and O–H groups in total. The van der Waals surface area contributed by atoms with Crippen molar-refractivity contribution in [2.75, 3.05) is 0 Å². The maximum Gasteiger partial charge on any atom is 0.200 e. The monoisotopic (exact) mass is 246 g/mol. The van der Waals surface area contributed by atoms with E-state index in [4.69, 9.17) is 10.00 Å². The van der Waals surface area contributed by atoms with Crippen molar-refractivity contribution in [1.29, 1.82) is 5.26 Å². The summed E-state index contributed by atoms with van der Waals surface area (Å²) < 4.78 is 31.4. The lowest BCUT2D eigenvalue weighted by molar-refractivity contribution is 0.284. The first-order chi connectivity index (χ1) is 8.72. The van der Waals surface area contributed by atoms with Crippen LogP contribution in [0.1, 0.15) is 11.3 Å². The Morgan fingerprint density at radius 1 is 1.22 bits per heavy atom. The number of hydrogen-bond donors (Lipinski definition) is 0. The smallest absolute Gasteiger partial charge is 0.200 e. The average Bonchev–Trinajstić information content (AvgIpc) is 2.41. The van der Waals surface area contributed by atoms with E-state index >= 15 is 0 Å². The molecule has 1 aromatic heterocycles. The number of halogens is 2. The molecule has 0 radical (unpaired) electrons. The van der Waals surface area contributed by atoms with Gasteiger partial charge in [0, 0.05) is 11.8 Å². The van der Waals surface area contributed by atoms with Crippen LogP contribution >= 0.6 is 0 Å². The van der Waals surface area contributed by atoms with E-state index < -0.39 is 11.6 Å². The molecule has 0 atom stereocenters. The van der Waals surface area contributed by atoms with Crippen molar-refractivity contribution < 1.29 is 13.5 Å². The van der Waals surface area contributed by atoms with E-state index in [0.29, 0.717) is 5.56 Å². The minimum absolute atomic E-state index is 0.0445. The molecule has 0 unspecified atom stereocenters. The molecule has 2 rings (SSSR count). The molecule has 5 heteroatoms. The maximum atomic E-state index is 13.3. The van der Waals surface area contributed by atoms with Crippen LogP contribution in [0.4, 0.5) is 8.78 Å². The topological polar surface area (TPSA) is 45.9 Å². The van der Waals surface area contributed by atoms with Crippen LogP contribution in [0.15, 0.2) is 36.5 Å². The fourth-order valence-corrected chi connectivity index (χ4v) is 1.41. The number of rotatable bonds is 3. The molecule has 0 saturated heterocycles. The number of hydrogen-bond acceptors (Lipinski definition) is 3. The van der Waals surface area contributed by atoms with Crippen molar-refractivity contribution in [3.63, 3.8) is 0 Å². The predicted molar refractivity (Wildman–Crippen MR) is 59.6 cm³/mol. The van der Waals surface area contributed by atoms with Crippen molar-refractivity contribution >= 4 is 0 Å². The molecular formula is C13H8F2N2O. The van der Waals surface area contributed by atoms with Gasteiger partial charge in [0.05, 0.1) is 0 Å². The largest absolute Gasteiger partial charge is 0.486 e. The zero-order valence-electron chi connectivity index (χ0n) is 9.23. The van der Waals surface area contributed by atoms with Gasteiger partial charge >= 0.3 is 0 Å². The molecule has 1 aromatic carbocycles. The van der Waals surface area contributed by atoms with Crippen molar-refractivity contribution in [3.8, 4) is 11.8 Å². The first-order valence-electron chi connectivity index (χ1n) is 5.13. The van der Waals surface area contributed by atoms with E-state index in [1.54, 1.807) is 12.1 Å². The van der Waals surface area contributed by atoms with Gasteiger partial charge in [0.2, 0.25) is 5.82 Å². The van der Waals surface area contributed by atoms with Crippen molar-refractivity contribution in [2.45, 2.75) is 6.61 Å². The van der Waals surface area contributed by atoms with Crippen molar-refractivity contribution in [3.05, 3.63) is 59.4 Å². The molecule has 0 aliphatic heterocycles. The SMILES string of the molecule is N#Cc1ncccc1COc1cccc(F)c1F. The number of pyridine rings is 1. The molecule has 0 saturated carbocycles. The lowest BCUT2D eigenvalue weighted by atomic mass is 10.2. The number of nitriles is 1. The quantitative estimate of drug-likeness (QED) is 0.836. The van der Waals surface area contributed by atoms with Gasteiger partial charge in [-0.25, -0.2) is 9.37 Å². The Morgan fingerprint density at radius 3 is 2.83 bits per heavy atom. The zero-order valence-corrected chi connectivity index (χ0v) is 9.23. The van der Waals surface area contributed by atoms with Gasteiger partial charge in [-0.05, 0) is 18.2 Å². The highest BCUT2D eigenvalue weighted by molar-refractivity contribution is 5.31. The molecule has 0 fully saturated rings. The van der Waals surface area contributed by atoms with E-state index in [-0.39, 0.29) is 18.1 Å². The van der Waals surface area contributed by atoms with E-state index in [1.807, 2.05) is 6.07 Å². The fraction of sp³-hybridized carbons (Fsp3) is 0.0769. The van der Waals surface area contributed by atoms with Gasteiger partial charge in [0.15, 0.2) is 11.6 Å². The molecule has 0 bridgehead atoms. The minimum Gasteiger partial charge on any atom is -0.486 e. The Labute approximate surface area is 102 Å². The van der Waals surface area contributed by atoms with Crippen LogP contribution in [-0.4, -0.2) is 4.98 Å². The summed E-state index contributed by atoms with van der Waals surface area (Å²) in [4.78, 5) is 3.84. The molecule has 0 amide bonds. The second-order valence-electron chi connectivity index (χ2n) is 3.46. The Hall–Kier alpha value is -2.48. The van der Waals surface area contributed by atoms with Gasteiger partial charge in [-0.15, -0.1) is 0 Å². The molecule has 0 aliphatic rings. The van der Waals surface area contributed by atoms with Crippen LogP contribution < -0.4 is 4.74 Å². The molecular weight excluding hydrogens is 238 g/mol. The Morgan fingerprint density at radius 2 is 2.06 bits per heavy atom. The standard InChI is InChI=1S/C13H8F2N2O/c14-10-4-1-5-12(13(10)15)18-8-9-3-2-6-17-11(9)7-16/h1-6H,8H2. The molecule has 3 nitrogen and oxygen atoms in total. The van der Waals surface area contributed by atoms with Crippen molar-refractivity contribution in [1.82, 2.24) is 4.98 Å². The minimum atomic E-state index is -1.04. The van der Waals surface area contributed by atoms with Gasteiger partial charge < -0.3 is 4.74 Å². The number of aromatic nitrogens is 1. The third-order valence-electron chi connectivity index (χ3n) is 2.30. The summed E-state index contributed by atoms with van der Waals surface area (Å²) in [7, 11) is 0. The van der Waals surface area contributed by atoms with Gasteiger partial charge in [0.25, 0.3) is 0 Å². The van der Waals surface area contributed by atoms with Gasteiger partial charge in [-0.2, -0.15) is 9.65 Å². The van der Waals surface area contributed by atoms with Crippen LogP contribution in [-0.2, 0) is 6.61 Å². The third-order valence-corrected chi connectivity index (χ3v) is 2.30.